The molecule has 1 atom stereocenters. The predicted molar refractivity (Wildman–Crippen MR) is 98.6 cm³/mol. The van der Waals surface area contributed by atoms with Crippen molar-refractivity contribution in [2.45, 2.75) is 25.4 Å². The van der Waals surface area contributed by atoms with E-state index in [9.17, 15) is 9.90 Å². The summed E-state index contributed by atoms with van der Waals surface area (Å²) in [6.07, 6.45) is 5.38. The van der Waals surface area contributed by atoms with Gasteiger partial charge in [0.1, 0.15) is 12.4 Å². The number of rotatable bonds is 4. The molecule has 4 heteroatoms. The summed E-state index contributed by atoms with van der Waals surface area (Å²) >= 11 is 0. The summed E-state index contributed by atoms with van der Waals surface area (Å²) in [4.78, 5) is 15.6. The van der Waals surface area contributed by atoms with Gasteiger partial charge in [-0.2, -0.15) is 0 Å². The van der Waals surface area contributed by atoms with Gasteiger partial charge in [-0.05, 0) is 53.8 Å². The van der Waals surface area contributed by atoms with E-state index in [1.165, 1.54) is 11.1 Å². The molecule has 0 aliphatic carbocycles. The molecule has 1 N–H and O–H groups in total. The van der Waals surface area contributed by atoms with Crippen LogP contribution >= 0.6 is 0 Å². The zero-order chi connectivity index (χ0) is 17.9. The lowest BCUT2D eigenvalue weighted by Gasteiger charge is -2.19. The Hall–Kier alpha value is -3.14. The Bertz CT molecular complexity index is 937. The van der Waals surface area contributed by atoms with Crippen molar-refractivity contribution in [2.24, 2.45) is 0 Å². The van der Waals surface area contributed by atoms with Crippen LogP contribution in [0.15, 0.2) is 67.0 Å². The highest BCUT2D eigenvalue weighted by Crippen LogP contribution is 2.40. The van der Waals surface area contributed by atoms with Crippen LogP contribution in [-0.2, 0) is 13.0 Å². The van der Waals surface area contributed by atoms with Gasteiger partial charge in [-0.1, -0.05) is 30.3 Å². The van der Waals surface area contributed by atoms with Gasteiger partial charge in [0.25, 0.3) is 0 Å². The number of hydrogen-bond donors (Lipinski definition) is 1. The van der Waals surface area contributed by atoms with Crippen molar-refractivity contribution in [2.75, 3.05) is 0 Å². The Kier molecular flexibility index (Phi) is 4.40. The lowest BCUT2D eigenvalue weighted by Crippen LogP contribution is -2.06. The molecule has 4 rings (SSSR count). The number of nitrogens with zero attached hydrogens (tertiary/aromatic N) is 1. The fourth-order valence-corrected chi connectivity index (χ4v) is 3.58. The van der Waals surface area contributed by atoms with Crippen LogP contribution in [-0.4, -0.2) is 16.1 Å². The fraction of sp³-hybridized carbons (Fsp3) is 0.182. The van der Waals surface area contributed by atoms with E-state index in [1.54, 1.807) is 24.4 Å². The Morgan fingerprint density at radius 3 is 2.81 bits per heavy atom. The molecule has 0 amide bonds. The number of pyridine rings is 1. The molecular formula is C22H19NO3. The average molecular weight is 345 g/mol. The van der Waals surface area contributed by atoms with E-state index in [-0.39, 0.29) is 11.5 Å². The minimum Gasteiger partial charge on any atom is -0.489 e. The van der Waals surface area contributed by atoms with Gasteiger partial charge in [0.05, 0.1) is 5.56 Å². The van der Waals surface area contributed by atoms with Crippen LogP contribution in [0.3, 0.4) is 0 Å². The van der Waals surface area contributed by atoms with Crippen LogP contribution < -0.4 is 4.74 Å². The van der Waals surface area contributed by atoms with Crippen molar-refractivity contribution in [3.8, 4) is 5.75 Å². The molecule has 2 aromatic carbocycles. The molecule has 26 heavy (non-hydrogen) atoms. The first-order valence-corrected chi connectivity index (χ1v) is 8.69. The number of fused-ring (bicyclic) bond motifs is 2. The summed E-state index contributed by atoms with van der Waals surface area (Å²) in [6, 6.07) is 17.4. The molecule has 130 valence electrons. The zero-order valence-electron chi connectivity index (χ0n) is 14.3. The lowest BCUT2D eigenvalue weighted by atomic mass is 9.84. The number of aromatic nitrogens is 1. The molecular weight excluding hydrogens is 326 g/mol. The highest BCUT2D eigenvalue weighted by atomic mass is 16.5. The second-order valence-corrected chi connectivity index (χ2v) is 6.50. The van der Waals surface area contributed by atoms with Gasteiger partial charge in [-0.3, -0.25) is 4.98 Å². The number of carboxylic acid groups (broad SMARTS) is 1. The third kappa shape index (κ3) is 3.18. The number of ether oxygens (including phenoxy) is 1. The summed E-state index contributed by atoms with van der Waals surface area (Å²) in [7, 11) is 0. The first-order chi connectivity index (χ1) is 12.7. The summed E-state index contributed by atoms with van der Waals surface area (Å²) in [6.45, 7) is 0.499. The Balaban J connectivity index is 1.76. The summed E-state index contributed by atoms with van der Waals surface area (Å²) in [5.41, 5.74) is 4.76. The maximum absolute atomic E-state index is 11.5. The largest absolute Gasteiger partial charge is 0.489 e. The smallest absolute Gasteiger partial charge is 0.335 e. The van der Waals surface area contributed by atoms with Crippen LogP contribution in [0.1, 0.15) is 45.0 Å². The number of carboxylic acids is 1. The standard InChI is InChI=1S/C22H19NO3/c24-22(25)16-8-10-21-20(12-16)19(9-7-15-4-3-11-23-13-15)18-6-2-1-5-17(18)14-26-21/h1-6,8,10-13,19H,7,9,14H2,(H,24,25). The average Bonchev–Trinajstić information content (AvgIpc) is 2.83. The van der Waals surface area contributed by atoms with E-state index in [4.69, 9.17) is 4.74 Å². The molecule has 0 saturated heterocycles. The molecule has 1 aromatic heterocycles. The molecule has 0 fully saturated rings. The van der Waals surface area contributed by atoms with E-state index in [0.29, 0.717) is 6.61 Å². The highest BCUT2D eigenvalue weighted by Gasteiger charge is 2.25. The van der Waals surface area contributed by atoms with Gasteiger partial charge >= 0.3 is 5.97 Å². The maximum atomic E-state index is 11.5. The van der Waals surface area contributed by atoms with Gasteiger partial charge in [0.2, 0.25) is 0 Å². The topological polar surface area (TPSA) is 59.4 Å². The van der Waals surface area contributed by atoms with Crippen LogP contribution in [0, 0.1) is 0 Å². The van der Waals surface area contributed by atoms with Crippen LogP contribution in [0.5, 0.6) is 5.75 Å². The van der Waals surface area contributed by atoms with Crippen molar-refractivity contribution in [1.29, 1.82) is 0 Å². The minimum atomic E-state index is -0.920. The van der Waals surface area contributed by atoms with E-state index >= 15 is 0 Å². The Morgan fingerprint density at radius 2 is 2.00 bits per heavy atom. The summed E-state index contributed by atoms with van der Waals surface area (Å²) in [5.74, 6) is -0.0677. The molecule has 4 nitrogen and oxygen atoms in total. The van der Waals surface area contributed by atoms with Crippen molar-refractivity contribution >= 4 is 5.97 Å². The van der Waals surface area contributed by atoms with Gasteiger partial charge in [-0.25, -0.2) is 4.79 Å². The Labute approximate surface area is 152 Å². The molecule has 3 aromatic rings. The number of hydrogen-bond acceptors (Lipinski definition) is 3. The third-order valence-electron chi connectivity index (χ3n) is 4.89. The second kappa shape index (κ2) is 7.00. The van der Waals surface area contributed by atoms with Crippen molar-refractivity contribution in [3.05, 3.63) is 94.8 Å². The van der Waals surface area contributed by atoms with Gasteiger partial charge < -0.3 is 9.84 Å². The molecule has 0 spiro atoms. The third-order valence-corrected chi connectivity index (χ3v) is 4.89. The van der Waals surface area contributed by atoms with Crippen molar-refractivity contribution in [1.82, 2.24) is 4.98 Å². The van der Waals surface area contributed by atoms with Crippen LogP contribution in [0.25, 0.3) is 0 Å². The molecule has 1 unspecified atom stereocenters. The summed E-state index contributed by atoms with van der Waals surface area (Å²) in [5, 5.41) is 9.40. The number of carbonyl (C=O) groups is 1. The summed E-state index contributed by atoms with van der Waals surface area (Å²) < 4.78 is 5.99. The monoisotopic (exact) mass is 345 g/mol. The highest BCUT2D eigenvalue weighted by molar-refractivity contribution is 5.88. The van der Waals surface area contributed by atoms with Crippen molar-refractivity contribution < 1.29 is 14.6 Å². The van der Waals surface area contributed by atoms with Crippen LogP contribution in [0.2, 0.25) is 0 Å². The lowest BCUT2D eigenvalue weighted by molar-refractivity contribution is 0.0696. The van der Waals surface area contributed by atoms with E-state index < -0.39 is 5.97 Å². The maximum Gasteiger partial charge on any atom is 0.335 e. The number of aromatic carboxylic acids is 1. The first kappa shape index (κ1) is 16.3. The Morgan fingerprint density at radius 1 is 1.12 bits per heavy atom. The van der Waals surface area contributed by atoms with Gasteiger partial charge in [-0.15, -0.1) is 0 Å². The van der Waals surface area contributed by atoms with E-state index in [0.717, 1.165) is 29.7 Å². The number of benzene rings is 2. The predicted octanol–water partition coefficient (Wildman–Crippen LogP) is 4.44. The molecule has 1 aliphatic rings. The van der Waals surface area contributed by atoms with E-state index in [1.807, 2.05) is 24.4 Å². The van der Waals surface area contributed by atoms with Crippen LogP contribution in [0.4, 0.5) is 0 Å². The zero-order valence-corrected chi connectivity index (χ0v) is 14.3. The molecule has 0 saturated carbocycles. The van der Waals surface area contributed by atoms with Crippen molar-refractivity contribution in [3.63, 3.8) is 0 Å². The molecule has 0 bridgehead atoms. The second-order valence-electron chi connectivity index (χ2n) is 6.50. The van der Waals surface area contributed by atoms with Gasteiger partial charge in [0.15, 0.2) is 0 Å². The first-order valence-electron chi connectivity index (χ1n) is 8.69. The number of aryl methyl sites for hydroxylation is 1. The quantitative estimate of drug-likeness (QED) is 0.759. The molecule has 1 aliphatic heterocycles. The molecule has 2 heterocycles. The minimum absolute atomic E-state index is 0.0863. The fourth-order valence-electron chi connectivity index (χ4n) is 3.58. The van der Waals surface area contributed by atoms with Gasteiger partial charge in [0, 0.05) is 23.9 Å². The normalized spacial score (nSPS) is 15.3. The van der Waals surface area contributed by atoms with E-state index in [2.05, 4.69) is 23.2 Å². The SMILES string of the molecule is O=C(O)c1ccc2c(c1)C(CCc1cccnc1)c1ccccc1CO2. The molecule has 0 radical (unpaired) electrons.